The van der Waals surface area contributed by atoms with Gasteiger partial charge in [-0.25, -0.2) is 9.67 Å². The summed E-state index contributed by atoms with van der Waals surface area (Å²) in [5, 5.41) is 8.69. The molecular formula is C20H25N5OS. The number of aryl methyl sites for hydroxylation is 1. The Bertz CT molecular complexity index is 990. The van der Waals surface area contributed by atoms with Crippen LogP contribution in [0, 0.1) is 6.92 Å². The van der Waals surface area contributed by atoms with E-state index in [1.807, 2.05) is 15.6 Å². The summed E-state index contributed by atoms with van der Waals surface area (Å²) in [6.07, 6.45) is 1.78. The molecule has 1 saturated heterocycles. The van der Waals surface area contributed by atoms with E-state index in [0.717, 1.165) is 41.2 Å². The molecular weight excluding hydrogens is 358 g/mol. The molecule has 0 bridgehead atoms. The molecule has 1 atom stereocenters. The van der Waals surface area contributed by atoms with Gasteiger partial charge < -0.3 is 10.2 Å². The molecule has 0 aromatic carbocycles. The molecule has 4 heterocycles. The molecule has 1 unspecified atom stereocenters. The molecule has 0 spiro atoms. The molecule has 0 aliphatic carbocycles. The third kappa shape index (κ3) is 3.26. The number of nitrogens with zero attached hydrogens (tertiary/aromatic N) is 4. The maximum absolute atomic E-state index is 13.4. The summed E-state index contributed by atoms with van der Waals surface area (Å²) < 4.78 is 1.90. The summed E-state index contributed by atoms with van der Waals surface area (Å²) in [4.78, 5) is 22.6. The number of piperazine rings is 1. The molecule has 1 fully saturated rings. The Balaban J connectivity index is 1.88. The summed E-state index contributed by atoms with van der Waals surface area (Å²) in [6.45, 7) is 10.7. The Morgan fingerprint density at radius 3 is 2.85 bits per heavy atom. The first-order chi connectivity index (χ1) is 13.0. The Kier molecular flexibility index (Phi) is 4.74. The summed E-state index contributed by atoms with van der Waals surface area (Å²) in [5.41, 5.74) is 2.32. The fraction of sp³-hybridized carbons (Fsp3) is 0.450. The summed E-state index contributed by atoms with van der Waals surface area (Å²) >= 11 is 1.70. The number of rotatable bonds is 3. The van der Waals surface area contributed by atoms with Gasteiger partial charge in [0.1, 0.15) is 0 Å². The van der Waals surface area contributed by atoms with Crippen LogP contribution in [0.15, 0.2) is 24.4 Å². The number of amides is 1. The van der Waals surface area contributed by atoms with Crippen molar-refractivity contribution in [2.75, 3.05) is 19.6 Å². The van der Waals surface area contributed by atoms with E-state index in [1.54, 1.807) is 17.5 Å². The average Bonchev–Trinajstić information content (AvgIpc) is 3.27. The van der Waals surface area contributed by atoms with Crippen LogP contribution in [0.3, 0.4) is 0 Å². The summed E-state index contributed by atoms with van der Waals surface area (Å²) in [7, 11) is 0. The van der Waals surface area contributed by atoms with E-state index in [4.69, 9.17) is 4.98 Å². The van der Waals surface area contributed by atoms with Gasteiger partial charge in [0.05, 0.1) is 27.7 Å². The zero-order chi connectivity index (χ0) is 19.1. The van der Waals surface area contributed by atoms with E-state index in [-0.39, 0.29) is 18.0 Å². The van der Waals surface area contributed by atoms with Gasteiger partial charge in [0.2, 0.25) is 0 Å². The molecule has 0 saturated carbocycles. The highest BCUT2D eigenvalue weighted by Crippen LogP contribution is 2.31. The minimum Gasteiger partial charge on any atom is -0.333 e. The lowest BCUT2D eigenvalue weighted by molar-refractivity contribution is 0.0658. The third-order valence-corrected chi connectivity index (χ3v) is 6.06. The Labute approximate surface area is 163 Å². The van der Waals surface area contributed by atoms with Crippen molar-refractivity contribution < 1.29 is 4.79 Å². The van der Waals surface area contributed by atoms with Crippen LogP contribution in [0.5, 0.6) is 0 Å². The predicted octanol–water partition coefficient (Wildman–Crippen LogP) is 3.48. The average molecular weight is 384 g/mol. The molecule has 27 heavy (non-hydrogen) atoms. The number of hydrogen-bond acceptors (Lipinski definition) is 5. The van der Waals surface area contributed by atoms with Gasteiger partial charge >= 0.3 is 0 Å². The Hall–Kier alpha value is -2.25. The van der Waals surface area contributed by atoms with Gasteiger partial charge in [0, 0.05) is 36.6 Å². The molecule has 4 rings (SSSR count). The van der Waals surface area contributed by atoms with E-state index >= 15 is 0 Å². The normalized spacial score (nSPS) is 17.8. The molecule has 1 N–H and O–H groups in total. The molecule has 3 aromatic heterocycles. The first-order valence-corrected chi connectivity index (χ1v) is 10.2. The van der Waals surface area contributed by atoms with Gasteiger partial charge in [-0.1, -0.05) is 0 Å². The number of carbonyl (C=O) groups is 1. The highest BCUT2D eigenvalue weighted by molar-refractivity contribution is 7.15. The van der Waals surface area contributed by atoms with Gasteiger partial charge in [0.15, 0.2) is 5.65 Å². The van der Waals surface area contributed by atoms with Crippen LogP contribution in [-0.2, 0) is 0 Å². The summed E-state index contributed by atoms with van der Waals surface area (Å²) in [5.74, 6) is 0.0641. The number of pyridine rings is 1. The van der Waals surface area contributed by atoms with E-state index in [1.165, 1.54) is 4.88 Å². The molecule has 1 aliphatic heterocycles. The first-order valence-electron chi connectivity index (χ1n) is 9.42. The standard InChI is InChI=1S/C20H25N5OS/c1-12(2)25-19-16(11-22-25)15(20(26)24-8-7-21-10-13(24)3)9-17(23-19)18-6-5-14(4)27-18/h5-6,9,11-13,21H,7-8,10H2,1-4H3. The van der Waals surface area contributed by atoms with Gasteiger partial charge in [-0.2, -0.15) is 5.10 Å². The second kappa shape index (κ2) is 7.05. The molecule has 142 valence electrons. The Morgan fingerprint density at radius 1 is 1.37 bits per heavy atom. The van der Waals surface area contributed by atoms with E-state index < -0.39 is 0 Å². The topological polar surface area (TPSA) is 63.1 Å². The lowest BCUT2D eigenvalue weighted by Gasteiger charge is -2.34. The molecule has 3 aromatic rings. The van der Waals surface area contributed by atoms with Crippen molar-refractivity contribution in [3.8, 4) is 10.6 Å². The minimum atomic E-state index is 0.0641. The van der Waals surface area contributed by atoms with Gasteiger partial charge in [0.25, 0.3) is 5.91 Å². The second-order valence-corrected chi connectivity index (χ2v) is 8.73. The molecule has 6 nitrogen and oxygen atoms in total. The van der Waals surface area contributed by atoms with Crippen LogP contribution >= 0.6 is 11.3 Å². The SMILES string of the molecule is Cc1ccc(-c2cc(C(=O)N3CCNCC3C)c3cnn(C(C)C)c3n2)s1. The lowest BCUT2D eigenvalue weighted by atomic mass is 10.1. The fourth-order valence-electron chi connectivity index (χ4n) is 3.57. The van der Waals surface area contributed by atoms with Crippen LogP contribution in [0.1, 0.15) is 42.0 Å². The van der Waals surface area contributed by atoms with E-state index in [0.29, 0.717) is 5.56 Å². The van der Waals surface area contributed by atoms with E-state index in [9.17, 15) is 4.79 Å². The van der Waals surface area contributed by atoms with E-state index in [2.05, 4.69) is 50.2 Å². The highest BCUT2D eigenvalue weighted by Gasteiger charge is 2.27. The molecule has 0 radical (unpaired) electrons. The Morgan fingerprint density at radius 2 is 2.19 bits per heavy atom. The molecule has 1 aliphatic rings. The van der Waals surface area contributed by atoms with Crippen molar-refractivity contribution in [1.82, 2.24) is 25.0 Å². The van der Waals surface area contributed by atoms with Crippen molar-refractivity contribution in [2.45, 2.75) is 39.8 Å². The largest absolute Gasteiger partial charge is 0.333 e. The second-order valence-electron chi connectivity index (χ2n) is 7.44. The number of fused-ring (bicyclic) bond motifs is 1. The molecule has 1 amide bonds. The minimum absolute atomic E-state index is 0.0641. The van der Waals surface area contributed by atoms with Crippen molar-refractivity contribution in [1.29, 1.82) is 0 Å². The van der Waals surface area contributed by atoms with Crippen LogP contribution in [0.2, 0.25) is 0 Å². The quantitative estimate of drug-likeness (QED) is 0.752. The van der Waals surface area contributed by atoms with Crippen LogP contribution in [0.4, 0.5) is 0 Å². The predicted molar refractivity (Wildman–Crippen MR) is 109 cm³/mol. The van der Waals surface area contributed by atoms with Gasteiger partial charge in [-0.15, -0.1) is 11.3 Å². The van der Waals surface area contributed by atoms with Crippen molar-refractivity contribution in [2.24, 2.45) is 0 Å². The van der Waals surface area contributed by atoms with Crippen LogP contribution in [-0.4, -0.2) is 51.2 Å². The van der Waals surface area contributed by atoms with Gasteiger partial charge in [-0.3, -0.25) is 4.79 Å². The maximum Gasteiger partial charge on any atom is 0.255 e. The summed E-state index contributed by atoms with van der Waals surface area (Å²) in [6, 6.07) is 6.45. The number of thiophene rings is 1. The lowest BCUT2D eigenvalue weighted by Crippen LogP contribution is -2.52. The number of nitrogens with one attached hydrogen (secondary N) is 1. The fourth-order valence-corrected chi connectivity index (χ4v) is 4.40. The first kappa shape index (κ1) is 18.1. The smallest absolute Gasteiger partial charge is 0.255 e. The zero-order valence-corrected chi connectivity index (χ0v) is 17.0. The third-order valence-electron chi connectivity index (χ3n) is 5.04. The van der Waals surface area contributed by atoms with Crippen molar-refractivity contribution in [3.05, 3.63) is 34.8 Å². The van der Waals surface area contributed by atoms with Crippen molar-refractivity contribution in [3.63, 3.8) is 0 Å². The van der Waals surface area contributed by atoms with Gasteiger partial charge in [-0.05, 0) is 45.9 Å². The maximum atomic E-state index is 13.4. The number of hydrogen-bond donors (Lipinski definition) is 1. The number of carbonyl (C=O) groups excluding carboxylic acids is 1. The highest BCUT2D eigenvalue weighted by atomic mass is 32.1. The van der Waals surface area contributed by atoms with Crippen molar-refractivity contribution >= 4 is 28.3 Å². The monoisotopic (exact) mass is 383 g/mol. The molecule has 7 heteroatoms. The zero-order valence-electron chi connectivity index (χ0n) is 16.2. The number of aromatic nitrogens is 3. The van der Waals surface area contributed by atoms with Crippen LogP contribution < -0.4 is 5.32 Å². The van der Waals surface area contributed by atoms with Crippen LogP contribution in [0.25, 0.3) is 21.6 Å².